The third-order valence-corrected chi connectivity index (χ3v) is 4.15. The van der Waals surface area contributed by atoms with E-state index in [4.69, 9.17) is 0 Å². The maximum atomic E-state index is 12.7. The van der Waals surface area contributed by atoms with Crippen molar-refractivity contribution < 1.29 is 23.1 Å². The van der Waals surface area contributed by atoms with E-state index < -0.39 is 24.6 Å². The number of aryl methyl sites for hydroxylation is 1. The van der Waals surface area contributed by atoms with Gasteiger partial charge in [0, 0.05) is 31.5 Å². The average molecular weight is 315 g/mol. The number of likely N-dealkylation sites (tertiary alicyclic amines) is 1. The number of hydrogen-bond acceptors (Lipinski definition) is 2. The summed E-state index contributed by atoms with van der Waals surface area (Å²) < 4.78 is 38.2. The van der Waals surface area contributed by atoms with Gasteiger partial charge >= 0.3 is 6.18 Å². The molecule has 0 radical (unpaired) electrons. The van der Waals surface area contributed by atoms with Gasteiger partial charge in [0.1, 0.15) is 0 Å². The molecule has 1 N–H and O–H groups in total. The first kappa shape index (κ1) is 16.8. The third-order valence-electron chi connectivity index (χ3n) is 4.15. The van der Waals surface area contributed by atoms with E-state index in [0.29, 0.717) is 5.56 Å². The van der Waals surface area contributed by atoms with E-state index in [-0.39, 0.29) is 19.0 Å². The summed E-state index contributed by atoms with van der Waals surface area (Å²) in [6.45, 7) is 1.88. The molecule has 2 rings (SSSR count). The van der Waals surface area contributed by atoms with Crippen LogP contribution in [0, 0.1) is 0 Å². The number of amides is 1. The monoisotopic (exact) mass is 315 g/mol. The van der Waals surface area contributed by atoms with Crippen LogP contribution >= 0.6 is 0 Å². The normalized spacial score (nSPS) is 18.3. The van der Waals surface area contributed by atoms with Crippen LogP contribution in [0.2, 0.25) is 0 Å². The van der Waals surface area contributed by atoms with E-state index in [1.165, 1.54) is 4.90 Å². The van der Waals surface area contributed by atoms with Crippen LogP contribution in [0.1, 0.15) is 42.1 Å². The zero-order chi connectivity index (χ0) is 16.4. The van der Waals surface area contributed by atoms with Crippen LogP contribution in [-0.4, -0.2) is 40.8 Å². The van der Waals surface area contributed by atoms with Crippen molar-refractivity contribution in [2.24, 2.45) is 0 Å². The Morgan fingerprint density at radius 3 is 2.23 bits per heavy atom. The molecule has 1 aliphatic rings. The molecule has 0 aliphatic carbocycles. The van der Waals surface area contributed by atoms with Crippen LogP contribution in [0.5, 0.6) is 0 Å². The summed E-state index contributed by atoms with van der Waals surface area (Å²) in [6.07, 6.45) is -3.66. The minimum absolute atomic E-state index is 0.0917. The number of rotatable bonds is 3. The van der Waals surface area contributed by atoms with Crippen molar-refractivity contribution in [1.82, 2.24) is 4.90 Å². The molecule has 1 fully saturated rings. The first-order valence-corrected chi connectivity index (χ1v) is 7.44. The highest BCUT2D eigenvalue weighted by molar-refractivity contribution is 5.94. The molecule has 0 bridgehead atoms. The Balaban J connectivity index is 2.00. The zero-order valence-corrected chi connectivity index (χ0v) is 12.5. The van der Waals surface area contributed by atoms with Crippen LogP contribution in [0.3, 0.4) is 0 Å². The van der Waals surface area contributed by atoms with E-state index in [0.717, 1.165) is 18.4 Å². The number of aliphatic hydroxyl groups is 1. The standard InChI is InChI=1S/C16H20F3NO2/c1-2-3-12-4-6-13(7-5-12)14(21)20-10-8-15(22,9-11-20)16(17,18)19/h4-7,22H,2-3,8-11H2,1H3. The highest BCUT2D eigenvalue weighted by Gasteiger charge is 2.54. The second kappa shape index (κ2) is 6.28. The minimum atomic E-state index is -4.65. The van der Waals surface area contributed by atoms with Gasteiger partial charge in [0.15, 0.2) is 5.60 Å². The van der Waals surface area contributed by atoms with Gasteiger partial charge in [-0.1, -0.05) is 25.5 Å². The maximum Gasteiger partial charge on any atom is 0.417 e. The van der Waals surface area contributed by atoms with Crippen LogP contribution in [0.4, 0.5) is 13.2 Å². The van der Waals surface area contributed by atoms with Gasteiger partial charge in [-0.2, -0.15) is 13.2 Å². The second-order valence-electron chi connectivity index (χ2n) is 5.77. The summed E-state index contributed by atoms with van der Waals surface area (Å²) in [5.41, 5.74) is -1.07. The molecular weight excluding hydrogens is 295 g/mol. The van der Waals surface area contributed by atoms with E-state index in [1.54, 1.807) is 12.1 Å². The highest BCUT2D eigenvalue weighted by atomic mass is 19.4. The molecule has 122 valence electrons. The van der Waals surface area contributed by atoms with Crippen LogP contribution in [0.25, 0.3) is 0 Å². The van der Waals surface area contributed by atoms with E-state index >= 15 is 0 Å². The second-order valence-corrected chi connectivity index (χ2v) is 5.77. The molecule has 1 amide bonds. The lowest BCUT2D eigenvalue weighted by Gasteiger charge is -2.39. The van der Waals surface area contributed by atoms with Crippen molar-refractivity contribution >= 4 is 5.91 Å². The maximum absolute atomic E-state index is 12.7. The van der Waals surface area contributed by atoms with Gasteiger partial charge in [0.05, 0.1) is 0 Å². The fourth-order valence-corrected chi connectivity index (χ4v) is 2.65. The number of piperidine rings is 1. The fourth-order valence-electron chi connectivity index (χ4n) is 2.65. The van der Waals surface area contributed by atoms with Crippen LogP contribution in [0.15, 0.2) is 24.3 Å². The zero-order valence-electron chi connectivity index (χ0n) is 12.5. The lowest BCUT2D eigenvalue weighted by atomic mass is 9.90. The Bertz CT molecular complexity index is 517. The Labute approximate surface area is 127 Å². The molecule has 0 unspecified atom stereocenters. The molecule has 1 aliphatic heterocycles. The predicted molar refractivity (Wildman–Crippen MR) is 76.6 cm³/mol. The molecule has 0 atom stereocenters. The number of alkyl halides is 3. The minimum Gasteiger partial charge on any atom is -0.380 e. The van der Waals surface area contributed by atoms with Crippen molar-refractivity contribution in [2.45, 2.75) is 44.4 Å². The number of halogens is 3. The number of hydrogen-bond donors (Lipinski definition) is 1. The summed E-state index contributed by atoms with van der Waals surface area (Å²) >= 11 is 0. The number of benzene rings is 1. The smallest absolute Gasteiger partial charge is 0.380 e. The highest BCUT2D eigenvalue weighted by Crippen LogP contribution is 2.38. The third kappa shape index (κ3) is 3.43. The first-order chi connectivity index (χ1) is 10.3. The van der Waals surface area contributed by atoms with Crippen LogP contribution < -0.4 is 0 Å². The Morgan fingerprint density at radius 2 is 1.77 bits per heavy atom. The summed E-state index contributed by atoms with van der Waals surface area (Å²) in [5, 5.41) is 9.61. The molecule has 1 saturated heterocycles. The molecule has 0 saturated carbocycles. The van der Waals surface area contributed by atoms with Gasteiger partial charge in [-0.15, -0.1) is 0 Å². The largest absolute Gasteiger partial charge is 0.417 e. The van der Waals surface area contributed by atoms with Crippen molar-refractivity contribution in [2.75, 3.05) is 13.1 Å². The molecule has 1 aromatic rings. The average Bonchev–Trinajstić information content (AvgIpc) is 2.47. The van der Waals surface area contributed by atoms with Crippen molar-refractivity contribution in [3.05, 3.63) is 35.4 Å². The summed E-state index contributed by atoms with van der Waals surface area (Å²) in [4.78, 5) is 13.7. The van der Waals surface area contributed by atoms with E-state index in [2.05, 4.69) is 6.92 Å². The Kier molecular flexibility index (Phi) is 4.80. The molecule has 22 heavy (non-hydrogen) atoms. The van der Waals surface area contributed by atoms with Crippen molar-refractivity contribution in [1.29, 1.82) is 0 Å². The SMILES string of the molecule is CCCc1ccc(C(=O)N2CCC(O)(C(F)(F)F)CC2)cc1. The summed E-state index contributed by atoms with van der Waals surface area (Å²) in [5.74, 6) is -0.285. The van der Waals surface area contributed by atoms with Crippen LogP contribution in [-0.2, 0) is 6.42 Å². The fraction of sp³-hybridized carbons (Fsp3) is 0.562. The van der Waals surface area contributed by atoms with Gasteiger partial charge < -0.3 is 10.0 Å². The molecule has 3 nitrogen and oxygen atoms in total. The van der Waals surface area contributed by atoms with E-state index in [1.807, 2.05) is 12.1 Å². The molecule has 1 aromatic carbocycles. The van der Waals surface area contributed by atoms with Gasteiger partial charge in [0.2, 0.25) is 0 Å². The molecule has 1 heterocycles. The predicted octanol–water partition coefficient (Wildman–Crippen LogP) is 3.17. The first-order valence-electron chi connectivity index (χ1n) is 7.44. The molecule has 6 heteroatoms. The van der Waals surface area contributed by atoms with Gasteiger partial charge in [-0.05, 0) is 24.1 Å². The topological polar surface area (TPSA) is 40.5 Å². The van der Waals surface area contributed by atoms with Crippen molar-refractivity contribution in [3.63, 3.8) is 0 Å². The lowest BCUT2D eigenvalue weighted by Crippen LogP contribution is -2.54. The molecule has 0 spiro atoms. The number of carbonyl (C=O) groups is 1. The van der Waals surface area contributed by atoms with Crippen molar-refractivity contribution in [3.8, 4) is 0 Å². The quantitative estimate of drug-likeness (QED) is 0.931. The summed E-state index contributed by atoms with van der Waals surface area (Å²) in [7, 11) is 0. The lowest BCUT2D eigenvalue weighted by molar-refractivity contribution is -0.271. The Morgan fingerprint density at radius 1 is 1.23 bits per heavy atom. The number of nitrogens with zero attached hydrogens (tertiary/aromatic N) is 1. The van der Waals surface area contributed by atoms with Gasteiger partial charge in [-0.25, -0.2) is 0 Å². The molecule has 0 aromatic heterocycles. The van der Waals surface area contributed by atoms with Gasteiger partial charge in [-0.3, -0.25) is 4.79 Å². The van der Waals surface area contributed by atoms with Gasteiger partial charge in [0.25, 0.3) is 5.91 Å². The van der Waals surface area contributed by atoms with E-state index in [9.17, 15) is 23.1 Å². The number of carbonyl (C=O) groups excluding carboxylic acids is 1. The molecular formula is C16H20F3NO2. The summed E-state index contributed by atoms with van der Waals surface area (Å²) in [6, 6.07) is 7.15. The Hall–Kier alpha value is -1.56.